The monoisotopic (exact) mass is 314 g/mol. The summed E-state index contributed by atoms with van der Waals surface area (Å²) in [6.45, 7) is 0.301. The Labute approximate surface area is 122 Å². The van der Waals surface area contributed by atoms with Crippen LogP contribution in [0, 0.1) is 0 Å². The Hall–Kier alpha value is -1.57. The summed E-state index contributed by atoms with van der Waals surface area (Å²) in [4.78, 5) is 7.02. The van der Waals surface area contributed by atoms with Crippen molar-refractivity contribution in [3.63, 3.8) is 0 Å². The molecule has 2 rings (SSSR count). The summed E-state index contributed by atoms with van der Waals surface area (Å²) >= 11 is 5.79. The Morgan fingerprint density at radius 1 is 1.40 bits per heavy atom. The van der Waals surface area contributed by atoms with E-state index >= 15 is 0 Å². The molecule has 108 valence electrons. The third kappa shape index (κ3) is 3.72. The van der Waals surface area contributed by atoms with Gasteiger partial charge >= 0.3 is 0 Å². The quantitative estimate of drug-likeness (QED) is 0.556. The van der Waals surface area contributed by atoms with Gasteiger partial charge in [-0.25, -0.2) is 18.1 Å². The minimum Gasteiger partial charge on any atom is -0.398 e. The molecule has 0 unspecified atom stereocenters. The van der Waals surface area contributed by atoms with Crippen molar-refractivity contribution in [2.24, 2.45) is 0 Å². The fourth-order valence-electron chi connectivity index (χ4n) is 1.72. The van der Waals surface area contributed by atoms with E-state index in [1.165, 1.54) is 12.1 Å². The molecule has 20 heavy (non-hydrogen) atoms. The molecule has 0 fully saturated rings. The van der Waals surface area contributed by atoms with Gasteiger partial charge in [-0.1, -0.05) is 11.6 Å². The number of nitrogens with zero attached hydrogens (tertiary/aromatic N) is 1. The molecule has 1 aromatic heterocycles. The zero-order valence-electron chi connectivity index (χ0n) is 10.6. The number of nitrogen functional groups attached to an aromatic ring is 1. The summed E-state index contributed by atoms with van der Waals surface area (Å²) in [5.41, 5.74) is 5.84. The normalized spacial score (nSPS) is 11.7. The minimum atomic E-state index is -3.64. The summed E-state index contributed by atoms with van der Waals surface area (Å²) in [7, 11) is -3.64. The van der Waals surface area contributed by atoms with Gasteiger partial charge in [-0.05, 0) is 24.6 Å². The second-order valence-electron chi connectivity index (χ2n) is 4.22. The second-order valence-corrected chi connectivity index (χ2v) is 6.39. The molecule has 0 bridgehead atoms. The van der Waals surface area contributed by atoms with Crippen molar-refractivity contribution < 1.29 is 8.42 Å². The molecule has 0 aliphatic carbocycles. The minimum absolute atomic E-state index is 0.00278. The van der Waals surface area contributed by atoms with E-state index < -0.39 is 10.0 Å². The zero-order valence-corrected chi connectivity index (χ0v) is 12.2. The van der Waals surface area contributed by atoms with Crippen molar-refractivity contribution in [3.05, 3.63) is 41.4 Å². The number of hydrogen-bond acceptors (Lipinski definition) is 4. The van der Waals surface area contributed by atoms with Crippen LogP contribution in [0.5, 0.6) is 0 Å². The molecule has 0 saturated heterocycles. The standard InChI is InChI=1S/C12H15ClN4O2S/c13-9-3-4-10(14)11(8-9)20(18,19)17-5-1-2-12-15-6-7-16-12/h3-4,6-8,17H,1-2,5,14H2,(H,15,16). The van der Waals surface area contributed by atoms with Crippen LogP contribution in [0.1, 0.15) is 12.2 Å². The van der Waals surface area contributed by atoms with Crippen LogP contribution < -0.4 is 10.5 Å². The lowest BCUT2D eigenvalue weighted by atomic mass is 10.3. The first-order chi connectivity index (χ1) is 9.49. The van der Waals surface area contributed by atoms with Crippen molar-refractivity contribution in [3.8, 4) is 0 Å². The first-order valence-electron chi connectivity index (χ1n) is 6.02. The van der Waals surface area contributed by atoms with E-state index in [1.807, 2.05) is 0 Å². The third-order valence-corrected chi connectivity index (χ3v) is 4.45. The molecule has 0 radical (unpaired) electrons. The van der Waals surface area contributed by atoms with Gasteiger partial charge in [0.1, 0.15) is 10.7 Å². The fourth-order valence-corrected chi connectivity index (χ4v) is 3.18. The number of halogens is 1. The van der Waals surface area contributed by atoms with Crippen LogP contribution >= 0.6 is 11.6 Å². The number of sulfonamides is 1. The first-order valence-corrected chi connectivity index (χ1v) is 7.88. The Morgan fingerprint density at radius 2 is 2.20 bits per heavy atom. The molecular formula is C12H15ClN4O2S. The van der Waals surface area contributed by atoms with Gasteiger partial charge in [-0.15, -0.1) is 0 Å². The first kappa shape index (κ1) is 14.8. The van der Waals surface area contributed by atoms with E-state index in [1.54, 1.807) is 18.5 Å². The number of rotatable bonds is 6. The highest BCUT2D eigenvalue weighted by Gasteiger charge is 2.17. The van der Waals surface area contributed by atoms with Crippen molar-refractivity contribution in [1.82, 2.24) is 14.7 Å². The number of aromatic nitrogens is 2. The summed E-state index contributed by atoms with van der Waals surface area (Å²) < 4.78 is 26.7. The fraction of sp³-hybridized carbons (Fsp3) is 0.250. The Kier molecular flexibility index (Phi) is 4.64. The summed E-state index contributed by atoms with van der Waals surface area (Å²) in [6.07, 6.45) is 4.69. The van der Waals surface area contributed by atoms with Gasteiger partial charge in [-0.2, -0.15) is 0 Å². The predicted molar refractivity (Wildman–Crippen MR) is 78.0 cm³/mol. The van der Waals surface area contributed by atoms with Crippen LogP contribution in [-0.2, 0) is 16.4 Å². The molecule has 2 aromatic rings. The zero-order chi connectivity index (χ0) is 14.6. The summed E-state index contributed by atoms with van der Waals surface area (Å²) in [6, 6.07) is 4.36. The van der Waals surface area contributed by atoms with Crippen LogP contribution in [0.3, 0.4) is 0 Å². The van der Waals surface area contributed by atoms with Crippen molar-refractivity contribution in [2.75, 3.05) is 12.3 Å². The number of H-pyrrole nitrogens is 1. The largest absolute Gasteiger partial charge is 0.398 e. The van der Waals surface area contributed by atoms with E-state index in [0.29, 0.717) is 24.4 Å². The molecule has 0 aliphatic rings. The van der Waals surface area contributed by atoms with Crippen LogP contribution in [-0.4, -0.2) is 24.9 Å². The van der Waals surface area contributed by atoms with Gasteiger partial charge in [0.05, 0.1) is 5.69 Å². The van der Waals surface area contributed by atoms with Gasteiger partial charge in [0, 0.05) is 30.4 Å². The molecule has 0 amide bonds. The second kappa shape index (κ2) is 6.25. The number of benzene rings is 1. The molecule has 6 nitrogen and oxygen atoms in total. The number of anilines is 1. The smallest absolute Gasteiger partial charge is 0.242 e. The van der Waals surface area contributed by atoms with Gasteiger partial charge in [0.2, 0.25) is 10.0 Å². The molecule has 0 spiro atoms. The summed E-state index contributed by atoms with van der Waals surface area (Å²) in [5.74, 6) is 0.825. The molecular weight excluding hydrogens is 300 g/mol. The highest BCUT2D eigenvalue weighted by molar-refractivity contribution is 7.89. The Balaban J connectivity index is 1.95. The molecule has 0 aliphatic heterocycles. The van der Waals surface area contributed by atoms with Gasteiger partial charge < -0.3 is 10.7 Å². The topological polar surface area (TPSA) is 101 Å². The molecule has 0 atom stereocenters. The predicted octanol–water partition coefficient (Wildman–Crippen LogP) is 1.56. The Morgan fingerprint density at radius 3 is 2.90 bits per heavy atom. The van der Waals surface area contributed by atoms with E-state index in [-0.39, 0.29) is 10.6 Å². The highest BCUT2D eigenvalue weighted by Crippen LogP contribution is 2.22. The van der Waals surface area contributed by atoms with E-state index in [0.717, 1.165) is 5.82 Å². The number of nitrogens with two attached hydrogens (primary N) is 1. The van der Waals surface area contributed by atoms with E-state index in [2.05, 4.69) is 14.7 Å². The summed E-state index contributed by atoms with van der Waals surface area (Å²) in [5, 5.41) is 0.329. The highest BCUT2D eigenvalue weighted by atomic mass is 35.5. The number of aryl methyl sites for hydroxylation is 1. The average Bonchev–Trinajstić information content (AvgIpc) is 2.90. The number of hydrogen-bond donors (Lipinski definition) is 3. The lowest BCUT2D eigenvalue weighted by Crippen LogP contribution is -2.26. The number of nitrogens with one attached hydrogen (secondary N) is 2. The van der Waals surface area contributed by atoms with Crippen molar-refractivity contribution >= 4 is 27.3 Å². The third-order valence-electron chi connectivity index (χ3n) is 2.70. The molecule has 1 aromatic carbocycles. The number of aromatic amines is 1. The van der Waals surface area contributed by atoms with Crippen molar-refractivity contribution in [2.45, 2.75) is 17.7 Å². The van der Waals surface area contributed by atoms with Crippen LogP contribution in [0.15, 0.2) is 35.5 Å². The van der Waals surface area contributed by atoms with E-state index in [4.69, 9.17) is 17.3 Å². The van der Waals surface area contributed by atoms with Crippen LogP contribution in [0.4, 0.5) is 5.69 Å². The SMILES string of the molecule is Nc1ccc(Cl)cc1S(=O)(=O)NCCCc1ncc[nH]1. The molecule has 4 N–H and O–H groups in total. The van der Waals surface area contributed by atoms with Crippen LogP contribution in [0.25, 0.3) is 0 Å². The molecule has 8 heteroatoms. The van der Waals surface area contributed by atoms with Gasteiger partial charge in [0.25, 0.3) is 0 Å². The average molecular weight is 315 g/mol. The molecule has 0 saturated carbocycles. The lowest BCUT2D eigenvalue weighted by molar-refractivity contribution is 0.578. The maximum atomic E-state index is 12.1. The van der Waals surface area contributed by atoms with Gasteiger partial charge in [0.15, 0.2) is 0 Å². The van der Waals surface area contributed by atoms with Crippen molar-refractivity contribution in [1.29, 1.82) is 0 Å². The number of imidazole rings is 1. The maximum Gasteiger partial charge on any atom is 0.242 e. The van der Waals surface area contributed by atoms with Gasteiger partial charge in [-0.3, -0.25) is 0 Å². The maximum absolute atomic E-state index is 12.1. The molecule has 1 heterocycles. The van der Waals surface area contributed by atoms with Crippen LogP contribution in [0.2, 0.25) is 5.02 Å². The Bertz CT molecular complexity index is 671. The van der Waals surface area contributed by atoms with E-state index in [9.17, 15) is 8.42 Å². The lowest BCUT2D eigenvalue weighted by Gasteiger charge is -2.09.